The quantitative estimate of drug-likeness (QED) is 0.858. The molecule has 0 aliphatic carbocycles. The van der Waals surface area contributed by atoms with Crippen LogP contribution in [0.1, 0.15) is 29.8 Å². The van der Waals surface area contributed by atoms with Crippen molar-refractivity contribution in [1.82, 2.24) is 10.3 Å². The zero-order chi connectivity index (χ0) is 19.2. The van der Waals surface area contributed by atoms with Crippen LogP contribution in [0.15, 0.2) is 59.7 Å². The average molecular weight is 362 g/mol. The van der Waals surface area contributed by atoms with Gasteiger partial charge in [0.05, 0.1) is 12.6 Å². The first kappa shape index (κ1) is 18.5. The van der Waals surface area contributed by atoms with Gasteiger partial charge in [0.2, 0.25) is 5.91 Å². The van der Waals surface area contributed by atoms with E-state index in [9.17, 15) is 9.59 Å². The van der Waals surface area contributed by atoms with Gasteiger partial charge in [0, 0.05) is 23.9 Å². The number of nitrogens with one attached hydrogen (secondary N) is 2. The molecular formula is C21H22N4O2. The summed E-state index contributed by atoms with van der Waals surface area (Å²) in [5.41, 5.74) is 2.50. The first-order valence-electron chi connectivity index (χ1n) is 8.88. The summed E-state index contributed by atoms with van der Waals surface area (Å²) in [7, 11) is 0. The van der Waals surface area contributed by atoms with Crippen molar-refractivity contribution >= 4 is 29.4 Å². The number of anilines is 1. The minimum atomic E-state index is -0.235. The summed E-state index contributed by atoms with van der Waals surface area (Å²) < 4.78 is 0. The Labute approximate surface area is 158 Å². The molecule has 6 heteroatoms. The van der Waals surface area contributed by atoms with Gasteiger partial charge >= 0.3 is 0 Å². The van der Waals surface area contributed by atoms with Gasteiger partial charge in [-0.25, -0.2) is 4.98 Å². The van der Waals surface area contributed by atoms with Gasteiger partial charge in [-0.2, -0.15) is 0 Å². The molecule has 1 aliphatic heterocycles. The zero-order valence-electron chi connectivity index (χ0n) is 15.3. The monoisotopic (exact) mass is 362 g/mol. The van der Waals surface area contributed by atoms with Crippen LogP contribution in [0, 0.1) is 5.92 Å². The Hall–Kier alpha value is -3.28. The molecule has 138 valence electrons. The molecule has 1 aromatic heterocycles. The summed E-state index contributed by atoms with van der Waals surface area (Å²) in [5, 5.41) is 5.74. The minimum absolute atomic E-state index is 0.143. The van der Waals surface area contributed by atoms with Crippen molar-refractivity contribution < 1.29 is 9.59 Å². The van der Waals surface area contributed by atoms with Gasteiger partial charge in [-0.15, -0.1) is 0 Å². The number of pyridine rings is 1. The molecule has 2 amide bonds. The van der Waals surface area contributed by atoms with E-state index < -0.39 is 0 Å². The molecule has 27 heavy (non-hydrogen) atoms. The second-order valence-electron chi connectivity index (χ2n) is 6.60. The maximum absolute atomic E-state index is 12.7. The van der Waals surface area contributed by atoms with Crippen molar-refractivity contribution in [3.8, 4) is 0 Å². The lowest BCUT2D eigenvalue weighted by Crippen LogP contribution is -2.39. The number of carbonyl (C=O) groups is 2. The molecule has 1 aromatic carbocycles. The molecule has 2 N–H and O–H groups in total. The third-order valence-electron chi connectivity index (χ3n) is 4.23. The molecule has 0 spiro atoms. The predicted octanol–water partition coefficient (Wildman–Crippen LogP) is 2.94. The van der Waals surface area contributed by atoms with Crippen LogP contribution in [0.5, 0.6) is 0 Å². The highest BCUT2D eigenvalue weighted by molar-refractivity contribution is 5.98. The van der Waals surface area contributed by atoms with Crippen LogP contribution < -0.4 is 10.6 Å². The van der Waals surface area contributed by atoms with E-state index >= 15 is 0 Å². The molecule has 0 radical (unpaired) electrons. The Morgan fingerprint density at radius 1 is 1.15 bits per heavy atom. The van der Waals surface area contributed by atoms with Gasteiger partial charge in [-0.3, -0.25) is 14.6 Å². The smallest absolute Gasteiger partial charge is 0.252 e. The van der Waals surface area contributed by atoms with Gasteiger partial charge in [-0.1, -0.05) is 44.2 Å². The van der Waals surface area contributed by atoms with Crippen molar-refractivity contribution in [3.63, 3.8) is 0 Å². The lowest BCUT2D eigenvalue weighted by Gasteiger charge is -2.23. The molecule has 0 fully saturated rings. The van der Waals surface area contributed by atoms with Gasteiger partial charge in [0.25, 0.3) is 5.91 Å². The van der Waals surface area contributed by atoms with E-state index in [1.54, 1.807) is 32.2 Å². The van der Waals surface area contributed by atoms with Gasteiger partial charge in [0.1, 0.15) is 5.82 Å². The third kappa shape index (κ3) is 4.67. The summed E-state index contributed by atoms with van der Waals surface area (Å²) >= 11 is 0. The Balaban J connectivity index is 1.74. The maximum atomic E-state index is 12.7. The molecule has 1 unspecified atom stereocenters. The number of carbonyl (C=O) groups excluding carboxylic acids is 2. The molecule has 2 aromatic rings. The first-order valence-corrected chi connectivity index (χ1v) is 8.88. The molecule has 6 nitrogen and oxygen atoms in total. The second kappa shape index (κ2) is 8.40. The van der Waals surface area contributed by atoms with Crippen molar-refractivity contribution in [1.29, 1.82) is 0 Å². The van der Waals surface area contributed by atoms with Crippen LogP contribution >= 0.6 is 0 Å². The Bertz CT molecular complexity index is 888. The summed E-state index contributed by atoms with van der Waals surface area (Å²) in [6.45, 7) is 4.08. The number of allylic oxidation sites excluding steroid dienone is 1. The Morgan fingerprint density at radius 3 is 2.67 bits per heavy atom. The maximum Gasteiger partial charge on any atom is 0.252 e. The van der Waals surface area contributed by atoms with Crippen molar-refractivity contribution in [3.05, 3.63) is 65.9 Å². The Kier molecular flexibility index (Phi) is 5.76. The van der Waals surface area contributed by atoms with Crippen LogP contribution in [0.3, 0.4) is 0 Å². The van der Waals surface area contributed by atoms with Gasteiger partial charge in [0.15, 0.2) is 0 Å². The minimum Gasteiger partial charge on any atom is -0.343 e. The lowest BCUT2D eigenvalue weighted by atomic mass is 9.96. The molecule has 2 heterocycles. The van der Waals surface area contributed by atoms with E-state index in [-0.39, 0.29) is 23.8 Å². The summed E-state index contributed by atoms with van der Waals surface area (Å²) in [4.78, 5) is 32.9. The van der Waals surface area contributed by atoms with E-state index in [0.717, 1.165) is 11.1 Å². The average Bonchev–Trinajstić information content (AvgIpc) is 2.69. The SMILES string of the molecule is CC(C)C(=O)Nc1cc(C(=O)NC2CN=CC=C2c2ccccc2)ccn1. The fraction of sp³-hybridized carbons (Fsp3) is 0.238. The molecule has 0 saturated carbocycles. The number of hydrogen-bond acceptors (Lipinski definition) is 4. The van der Waals surface area contributed by atoms with Crippen LogP contribution in [0.4, 0.5) is 5.82 Å². The number of aromatic nitrogens is 1. The molecule has 1 atom stereocenters. The number of hydrogen-bond donors (Lipinski definition) is 2. The van der Waals surface area contributed by atoms with E-state index in [2.05, 4.69) is 20.6 Å². The van der Waals surface area contributed by atoms with E-state index in [0.29, 0.717) is 17.9 Å². The highest BCUT2D eigenvalue weighted by Gasteiger charge is 2.21. The fourth-order valence-corrected chi connectivity index (χ4v) is 2.72. The number of amides is 2. The molecule has 1 aliphatic rings. The summed E-state index contributed by atoms with van der Waals surface area (Å²) in [5.74, 6) is -0.179. The highest BCUT2D eigenvalue weighted by Crippen LogP contribution is 2.21. The molecular weight excluding hydrogens is 340 g/mol. The van der Waals surface area contributed by atoms with Crippen molar-refractivity contribution in [2.45, 2.75) is 19.9 Å². The summed E-state index contributed by atoms with van der Waals surface area (Å²) in [6.07, 6.45) is 5.19. The molecule has 0 bridgehead atoms. The standard InChI is InChI=1S/C21H22N4O2/c1-14(2)20(26)25-19-12-16(8-11-23-19)21(27)24-18-13-22-10-9-17(18)15-6-4-3-5-7-15/h3-12,14,18H,13H2,1-2H3,(H,24,27)(H,23,25,26). The number of aliphatic imine (C=N–C) groups is 1. The van der Waals surface area contributed by atoms with Gasteiger partial charge < -0.3 is 10.6 Å². The van der Waals surface area contributed by atoms with E-state index in [4.69, 9.17) is 0 Å². The molecule has 3 rings (SSSR count). The third-order valence-corrected chi connectivity index (χ3v) is 4.23. The van der Waals surface area contributed by atoms with Crippen molar-refractivity contribution in [2.24, 2.45) is 10.9 Å². The van der Waals surface area contributed by atoms with Crippen LogP contribution in [-0.2, 0) is 4.79 Å². The van der Waals surface area contributed by atoms with Crippen LogP contribution in [0.25, 0.3) is 5.57 Å². The van der Waals surface area contributed by atoms with E-state index in [1.807, 2.05) is 36.4 Å². The lowest BCUT2D eigenvalue weighted by molar-refractivity contribution is -0.118. The second-order valence-corrected chi connectivity index (χ2v) is 6.60. The fourth-order valence-electron chi connectivity index (χ4n) is 2.72. The first-order chi connectivity index (χ1) is 13.0. The summed E-state index contributed by atoms with van der Waals surface area (Å²) in [6, 6.07) is 12.9. The number of rotatable bonds is 5. The molecule has 0 saturated heterocycles. The van der Waals surface area contributed by atoms with Gasteiger partial charge in [-0.05, 0) is 29.3 Å². The van der Waals surface area contributed by atoms with Crippen LogP contribution in [0.2, 0.25) is 0 Å². The number of dihydropyridines is 1. The van der Waals surface area contributed by atoms with Crippen molar-refractivity contribution in [2.75, 3.05) is 11.9 Å². The van der Waals surface area contributed by atoms with E-state index in [1.165, 1.54) is 6.20 Å². The number of benzene rings is 1. The normalized spacial score (nSPS) is 16.0. The van der Waals surface area contributed by atoms with Crippen LogP contribution in [-0.4, -0.2) is 35.6 Å². The Morgan fingerprint density at radius 2 is 1.93 bits per heavy atom. The largest absolute Gasteiger partial charge is 0.343 e. The number of nitrogens with zero attached hydrogens (tertiary/aromatic N) is 2. The zero-order valence-corrected chi connectivity index (χ0v) is 15.3. The topological polar surface area (TPSA) is 83.5 Å². The predicted molar refractivity (Wildman–Crippen MR) is 107 cm³/mol. The highest BCUT2D eigenvalue weighted by atomic mass is 16.2.